The van der Waals surface area contributed by atoms with Crippen molar-refractivity contribution in [2.45, 2.75) is 45.1 Å². The van der Waals surface area contributed by atoms with Crippen LogP contribution in [-0.4, -0.2) is 12.7 Å². The fraction of sp³-hybridized carbons (Fsp3) is 1.00. The highest BCUT2D eigenvalue weighted by Gasteiger charge is 2.37. The molecule has 60 valence electrons. The summed E-state index contributed by atoms with van der Waals surface area (Å²) in [6, 6.07) is 0. The van der Waals surface area contributed by atoms with Gasteiger partial charge in [0.25, 0.3) is 0 Å². The molecule has 1 heteroatoms. The molecule has 0 spiro atoms. The zero-order chi connectivity index (χ0) is 7.61. The van der Waals surface area contributed by atoms with Crippen LogP contribution < -0.4 is 0 Å². The summed E-state index contributed by atoms with van der Waals surface area (Å²) in [7, 11) is 1.84. The van der Waals surface area contributed by atoms with Crippen LogP contribution in [0.2, 0.25) is 0 Å². The molecule has 0 aromatic carbocycles. The summed E-state index contributed by atoms with van der Waals surface area (Å²) in [4.78, 5) is 0. The fourth-order valence-electron chi connectivity index (χ4n) is 2.11. The number of rotatable bonds is 2. The topological polar surface area (TPSA) is 9.23 Å². The molecule has 1 aliphatic carbocycles. The highest BCUT2D eigenvalue weighted by molar-refractivity contribution is 4.88. The van der Waals surface area contributed by atoms with E-state index in [0.29, 0.717) is 0 Å². The minimum absolute atomic E-state index is 0.203. The smallest absolute Gasteiger partial charge is 0.0678 e. The monoisotopic (exact) mass is 142 g/mol. The van der Waals surface area contributed by atoms with E-state index in [1.807, 2.05) is 7.11 Å². The van der Waals surface area contributed by atoms with Crippen molar-refractivity contribution in [2.24, 2.45) is 5.92 Å². The van der Waals surface area contributed by atoms with Gasteiger partial charge >= 0.3 is 0 Å². The van der Waals surface area contributed by atoms with Gasteiger partial charge < -0.3 is 4.74 Å². The van der Waals surface area contributed by atoms with Crippen molar-refractivity contribution < 1.29 is 4.74 Å². The van der Waals surface area contributed by atoms with Crippen molar-refractivity contribution in [1.29, 1.82) is 0 Å². The molecule has 0 aliphatic heterocycles. The van der Waals surface area contributed by atoms with Gasteiger partial charge in [0.05, 0.1) is 5.60 Å². The van der Waals surface area contributed by atoms with Crippen molar-refractivity contribution in [3.05, 3.63) is 0 Å². The van der Waals surface area contributed by atoms with Crippen molar-refractivity contribution in [1.82, 2.24) is 0 Å². The van der Waals surface area contributed by atoms with E-state index in [0.717, 1.165) is 5.92 Å². The van der Waals surface area contributed by atoms with E-state index >= 15 is 0 Å². The second kappa shape index (κ2) is 2.91. The van der Waals surface area contributed by atoms with E-state index in [-0.39, 0.29) is 5.60 Å². The summed E-state index contributed by atoms with van der Waals surface area (Å²) in [5.41, 5.74) is 0.203. The Bertz CT molecular complexity index is 111. The molecule has 0 heterocycles. The van der Waals surface area contributed by atoms with E-state index in [4.69, 9.17) is 4.74 Å². The summed E-state index contributed by atoms with van der Waals surface area (Å²) >= 11 is 0. The van der Waals surface area contributed by atoms with Crippen LogP contribution in [-0.2, 0) is 4.74 Å². The Morgan fingerprint density at radius 1 is 1.60 bits per heavy atom. The third-order valence-corrected chi connectivity index (χ3v) is 3.05. The zero-order valence-electron chi connectivity index (χ0n) is 7.31. The van der Waals surface area contributed by atoms with E-state index in [1.165, 1.54) is 25.7 Å². The average Bonchev–Trinajstić information content (AvgIpc) is 2.32. The van der Waals surface area contributed by atoms with E-state index < -0.39 is 0 Å². The summed E-state index contributed by atoms with van der Waals surface area (Å²) < 4.78 is 5.50. The Morgan fingerprint density at radius 3 is 2.70 bits per heavy atom. The summed E-state index contributed by atoms with van der Waals surface area (Å²) in [6.45, 7) is 4.50. The Labute approximate surface area is 63.8 Å². The summed E-state index contributed by atoms with van der Waals surface area (Å²) in [6.07, 6.45) is 5.23. The van der Waals surface area contributed by atoms with Crippen LogP contribution >= 0.6 is 0 Å². The number of methoxy groups -OCH3 is 1. The molecular weight excluding hydrogens is 124 g/mol. The van der Waals surface area contributed by atoms with Gasteiger partial charge in [-0.05, 0) is 25.7 Å². The molecule has 0 saturated heterocycles. The van der Waals surface area contributed by atoms with Crippen LogP contribution in [0.3, 0.4) is 0 Å². The first-order chi connectivity index (χ1) is 4.73. The molecule has 1 rings (SSSR count). The van der Waals surface area contributed by atoms with Gasteiger partial charge in [0.2, 0.25) is 0 Å². The minimum atomic E-state index is 0.203. The van der Waals surface area contributed by atoms with Gasteiger partial charge in [-0.3, -0.25) is 0 Å². The highest BCUT2D eigenvalue weighted by Crippen LogP contribution is 2.39. The van der Waals surface area contributed by atoms with Crippen LogP contribution in [0.25, 0.3) is 0 Å². The van der Waals surface area contributed by atoms with Gasteiger partial charge in [0.15, 0.2) is 0 Å². The lowest BCUT2D eigenvalue weighted by Crippen LogP contribution is -2.31. The van der Waals surface area contributed by atoms with Crippen molar-refractivity contribution in [3.8, 4) is 0 Å². The van der Waals surface area contributed by atoms with Crippen molar-refractivity contribution >= 4 is 0 Å². The van der Waals surface area contributed by atoms with Crippen LogP contribution in [0.15, 0.2) is 0 Å². The average molecular weight is 142 g/mol. The predicted molar refractivity (Wildman–Crippen MR) is 43.0 cm³/mol. The van der Waals surface area contributed by atoms with Gasteiger partial charge in [-0.25, -0.2) is 0 Å². The standard InChI is InChI=1S/C9H18O/c1-4-8-6-5-7-9(8,2)10-3/h8H,4-7H2,1-3H3. The molecule has 0 amide bonds. The molecule has 0 radical (unpaired) electrons. The molecule has 2 unspecified atom stereocenters. The lowest BCUT2D eigenvalue weighted by molar-refractivity contribution is -0.0263. The maximum absolute atomic E-state index is 5.50. The maximum Gasteiger partial charge on any atom is 0.0678 e. The van der Waals surface area contributed by atoms with Crippen molar-refractivity contribution in [2.75, 3.05) is 7.11 Å². The van der Waals surface area contributed by atoms with Crippen molar-refractivity contribution in [3.63, 3.8) is 0 Å². The molecule has 2 atom stereocenters. The Kier molecular flexibility index (Phi) is 2.35. The third-order valence-electron chi connectivity index (χ3n) is 3.05. The van der Waals surface area contributed by atoms with Gasteiger partial charge in [-0.2, -0.15) is 0 Å². The van der Waals surface area contributed by atoms with Gasteiger partial charge in [0, 0.05) is 7.11 Å². The zero-order valence-corrected chi connectivity index (χ0v) is 7.31. The Balaban J connectivity index is 2.56. The Morgan fingerprint density at radius 2 is 2.30 bits per heavy atom. The molecule has 0 N–H and O–H groups in total. The van der Waals surface area contributed by atoms with Crippen LogP contribution in [0, 0.1) is 5.92 Å². The van der Waals surface area contributed by atoms with Crippen LogP contribution in [0.4, 0.5) is 0 Å². The lowest BCUT2D eigenvalue weighted by Gasteiger charge is -2.29. The number of ether oxygens (including phenoxy) is 1. The fourth-order valence-corrected chi connectivity index (χ4v) is 2.11. The highest BCUT2D eigenvalue weighted by atomic mass is 16.5. The van der Waals surface area contributed by atoms with E-state index in [2.05, 4.69) is 13.8 Å². The van der Waals surface area contributed by atoms with Crippen LogP contribution in [0.5, 0.6) is 0 Å². The minimum Gasteiger partial charge on any atom is -0.378 e. The first-order valence-corrected chi connectivity index (χ1v) is 4.28. The molecule has 1 saturated carbocycles. The third kappa shape index (κ3) is 1.20. The first-order valence-electron chi connectivity index (χ1n) is 4.28. The van der Waals surface area contributed by atoms with E-state index in [9.17, 15) is 0 Å². The summed E-state index contributed by atoms with van der Waals surface area (Å²) in [5.74, 6) is 0.803. The molecule has 1 fully saturated rings. The summed E-state index contributed by atoms with van der Waals surface area (Å²) in [5, 5.41) is 0. The van der Waals surface area contributed by atoms with Gasteiger partial charge in [-0.15, -0.1) is 0 Å². The molecular formula is C9H18O. The second-order valence-corrected chi connectivity index (χ2v) is 3.51. The first kappa shape index (κ1) is 8.06. The quantitative estimate of drug-likeness (QED) is 0.576. The SMILES string of the molecule is CCC1CCCC1(C)OC. The Hall–Kier alpha value is -0.0400. The molecule has 0 aromatic rings. The van der Waals surface area contributed by atoms with E-state index in [1.54, 1.807) is 0 Å². The van der Waals surface area contributed by atoms with Gasteiger partial charge in [-0.1, -0.05) is 19.8 Å². The predicted octanol–water partition coefficient (Wildman–Crippen LogP) is 2.60. The maximum atomic E-state index is 5.50. The molecule has 1 aliphatic rings. The molecule has 0 bridgehead atoms. The molecule has 10 heavy (non-hydrogen) atoms. The molecule has 0 aromatic heterocycles. The normalized spacial score (nSPS) is 40.5. The van der Waals surface area contributed by atoms with Crippen LogP contribution in [0.1, 0.15) is 39.5 Å². The number of hydrogen-bond acceptors (Lipinski definition) is 1. The molecule has 1 nitrogen and oxygen atoms in total. The number of hydrogen-bond donors (Lipinski definition) is 0. The lowest BCUT2D eigenvalue weighted by atomic mass is 9.90. The largest absolute Gasteiger partial charge is 0.378 e. The van der Waals surface area contributed by atoms with Gasteiger partial charge in [0.1, 0.15) is 0 Å². The second-order valence-electron chi connectivity index (χ2n) is 3.51.